The molecule has 23 heavy (non-hydrogen) atoms. The van der Waals surface area contributed by atoms with Gasteiger partial charge in [-0.1, -0.05) is 6.07 Å². The summed E-state index contributed by atoms with van der Waals surface area (Å²) >= 11 is 0. The smallest absolute Gasteiger partial charge is 0.272 e. The van der Waals surface area contributed by atoms with Gasteiger partial charge in [-0.15, -0.1) is 0 Å². The zero-order chi connectivity index (χ0) is 16.4. The monoisotopic (exact) mass is 309 g/mol. The predicted molar refractivity (Wildman–Crippen MR) is 86.9 cm³/mol. The van der Waals surface area contributed by atoms with Crippen LogP contribution in [0, 0.1) is 18.3 Å². The molecule has 5 nitrogen and oxygen atoms in total. The van der Waals surface area contributed by atoms with Crippen LogP contribution in [0.3, 0.4) is 0 Å². The number of carbonyl (C=O) groups is 1. The van der Waals surface area contributed by atoms with E-state index < -0.39 is 0 Å². The van der Waals surface area contributed by atoms with Crippen molar-refractivity contribution in [2.24, 2.45) is 0 Å². The Morgan fingerprint density at radius 3 is 2.65 bits per heavy atom. The second-order valence-electron chi connectivity index (χ2n) is 5.73. The summed E-state index contributed by atoms with van der Waals surface area (Å²) in [5.41, 5.74) is 2.65. The number of methoxy groups -OCH3 is 1. The van der Waals surface area contributed by atoms with E-state index in [0.29, 0.717) is 17.0 Å². The second kappa shape index (κ2) is 6.17. The lowest BCUT2D eigenvalue weighted by atomic mass is 10.2. The van der Waals surface area contributed by atoms with Gasteiger partial charge in [-0.3, -0.25) is 4.79 Å². The molecule has 3 rings (SSSR count). The average Bonchev–Trinajstić information content (AvgIpc) is 3.23. The van der Waals surface area contributed by atoms with Crippen molar-refractivity contribution >= 4 is 5.91 Å². The molecule has 0 N–H and O–H groups in total. The Morgan fingerprint density at radius 2 is 2.00 bits per heavy atom. The number of hydrogen-bond acceptors (Lipinski definition) is 3. The van der Waals surface area contributed by atoms with Crippen molar-refractivity contribution in [3.8, 4) is 17.5 Å². The largest absolute Gasteiger partial charge is 0.495 e. The minimum Gasteiger partial charge on any atom is -0.495 e. The van der Waals surface area contributed by atoms with Gasteiger partial charge in [0, 0.05) is 19.3 Å². The molecule has 0 spiro atoms. The molecule has 1 aromatic heterocycles. The summed E-state index contributed by atoms with van der Waals surface area (Å²) in [6, 6.07) is 9.61. The van der Waals surface area contributed by atoms with Crippen LogP contribution in [0.5, 0.6) is 5.75 Å². The number of aromatic nitrogens is 1. The normalized spacial score (nSPS) is 13.9. The Kier molecular flexibility index (Phi) is 4.07. The van der Waals surface area contributed by atoms with Crippen LogP contribution in [0.4, 0.5) is 0 Å². The van der Waals surface area contributed by atoms with Crippen molar-refractivity contribution in [3.63, 3.8) is 0 Å². The van der Waals surface area contributed by atoms with Crippen molar-refractivity contribution < 1.29 is 9.53 Å². The van der Waals surface area contributed by atoms with Crippen LogP contribution in [0.2, 0.25) is 0 Å². The molecule has 0 unspecified atom stereocenters. The molecule has 1 aliphatic rings. The van der Waals surface area contributed by atoms with Gasteiger partial charge in [-0.25, -0.2) is 0 Å². The van der Waals surface area contributed by atoms with Crippen molar-refractivity contribution in [1.29, 1.82) is 5.26 Å². The van der Waals surface area contributed by atoms with Crippen molar-refractivity contribution in [3.05, 3.63) is 47.3 Å². The van der Waals surface area contributed by atoms with Crippen LogP contribution in [0.25, 0.3) is 5.69 Å². The maximum absolute atomic E-state index is 12.9. The first-order chi connectivity index (χ1) is 11.2. The number of likely N-dealkylation sites (tertiary alicyclic amines) is 1. The summed E-state index contributed by atoms with van der Waals surface area (Å²) < 4.78 is 7.20. The number of nitriles is 1. The number of rotatable bonds is 3. The molecular weight excluding hydrogens is 290 g/mol. The van der Waals surface area contributed by atoms with Gasteiger partial charge >= 0.3 is 0 Å². The third-order valence-electron chi connectivity index (χ3n) is 4.20. The molecule has 5 heteroatoms. The van der Waals surface area contributed by atoms with E-state index in [-0.39, 0.29) is 5.91 Å². The fourth-order valence-corrected chi connectivity index (χ4v) is 3.00. The quantitative estimate of drug-likeness (QED) is 0.876. The van der Waals surface area contributed by atoms with E-state index in [0.717, 1.165) is 37.2 Å². The molecule has 1 fully saturated rings. The van der Waals surface area contributed by atoms with E-state index in [2.05, 4.69) is 6.07 Å². The van der Waals surface area contributed by atoms with Gasteiger partial charge in [0.2, 0.25) is 0 Å². The van der Waals surface area contributed by atoms with E-state index >= 15 is 0 Å². The van der Waals surface area contributed by atoms with Crippen molar-refractivity contribution in [2.45, 2.75) is 19.8 Å². The van der Waals surface area contributed by atoms with Crippen LogP contribution in [0.1, 0.15) is 34.5 Å². The number of benzene rings is 1. The summed E-state index contributed by atoms with van der Waals surface area (Å²) in [6.07, 6.45) is 3.79. The minimum absolute atomic E-state index is 0.0902. The highest BCUT2D eigenvalue weighted by Crippen LogP contribution is 2.28. The fourth-order valence-electron chi connectivity index (χ4n) is 3.00. The first-order valence-electron chi connectivity index (χ1n) is 7.71. The van der Waals surface area contributed by atoms with Gasteiger partial charge in [0.05, 0.1) is 18.4 Å². The SMILES string of the molecule is COc1ccc(C)cc1-n1ccc(C#N)c1C(=O)N1CCCC1. The van der Waals surface area contributed by atoms with Gasteiger partial charge in [0.15, 0.2) is 0 Å². The van der Waals surface area contributed by atoms with Crippen LogP contribution in [0.15, 0.2) is 30.5 Å². The second-order valence-corrected chi connectivity index (χ2v) is 5.73. The van der Waals surface area contributed by atoms with E-state index in [1.165, 1.54) is 0 Å². The lowest BCUT2D eigenvalue weighted by Gasteiger charge is -2.19. The van der Waals surface area contributed by atoms with E-state index in [1.54, 1.807) is 23.9 Å². The highest BCUT2D eigenvalue weighted by molar-refractivity contribution is 5.96. The predicted octanol–water partition coefficient (Wildman–Crippen LogP) is 2.90. The summed E-state index contributed by atoms with van der Waals surface area (Å²) in [6.45, 7) is 3.49. The van der Waals surface area contributed by atoms with Crippen LogP contribution < -0.4 is 4.74 Å². The lowest BCUT2D eigenvalue weighted by Crippen LogP contribution is -2.30. The van der Waals surface area contributed by atoms with Gasteiger partial charge < -0.3 is 14.2 Å². The maximum atomic E-state index is 12.9. The Hall–Kier alpha value is -2.74. The van der Waals surface area contributed by atoms with Gasteiger partial charge in [0.25, 0.3) is 5.91 Å². The summed E-state index contributed by atoms with van der Waals surface area (Å²) in [7, 11) is 1.60. The number of aryl methyl sites for hydroxylation is 1. The molecule has 2 heterocycles. The molecule has 2 aromatic rings. The van der Waals surface area contributed by atoms with Crippen LogP contribution >= 0.6 is 0 Å². The Morgan fingerprint density at radius 1 is 1.26 bits per heavy atom. The number of amides is 1. The first kappa shape index (κ1) is 15.2. The molecule has 118 valence electrons. The third-order valence-corrected chi connectivity index (χ3v) is 4.20. The molecule has 1 amide bonds. The Labute approximate surface area is 135 Å². The summed E-state index contributed by atoms with van der Waals surface area (Å²) in [5.74, 6) is 0.582. The minimum atomic E-state index is -0.0902. The molecule has 0 saturated carbocycles. The Balaban J connectivity index is 2.14. The summed E-state index contributed by atoms with van der Waals surface area (Å²) in [5, 5.41) is 9.39. The molecule has 0 radical (unpaired) electrons. The number of ether oxygens (including phenoxy) is 1. The van der Waals surface area contributed by atoms with Crippen LogP contribution in [-0.4, -0.2) is 35.6 Å². The van der Waals surface area contributed by atoms with E-state index in [9.17, 15) is 10.1 Å². The molecule has 1 aromatic carbocycles. The van der Waals surface area contributed by atoms with Gasteiger partial charge in [0.1, 0.15) is 17.5 Å². The van der Waals surface area contributed by atoms with Gasteiger partial charge in [-0.05, 0) is 43.5 Å². The van der Waals surface area contributed by atoms with Crippen molar-refractivity contribution in [2.75, 3.05) is 20.2 Å². The highest BCUT2D eigenvalue weighted by atomic mass is 16.5. The number of hydrogen-bond donors (Lipinski definition) is 0. The standard InChI is InChI=1S/C18H19N3O2/c1-13-5-6-16(23-2)15(11-13)21-10-7-14(12-19)17(21)18(22)20-8-3-4-9-20/h5-7,10-11H,3-4,8-9H2,1-2H3. The maximum Gasteiger partial charge on any atom is 0.272 e. The zero-order valence-electron chi connectivity index (χ0n) is 13.4. The summed E-state index contributed by atoms with van der Waals surface area (Å²) in [4.78, 5) is 14.7. The highest BCUT2D eigenvalue weighted by Gasteiger charge is 2.26. The van der Waals surface area contributed by atoms with E-state index in [4.69, 9.17) is 4.74 Å². The molecule has 0 aliphatic carbocycles. The van der Waals surface area contributed by atoms with E-state index in [1.807, 2.05) is 30.0 Å². The zero-order valence-corrected chi connectivity index (χ0v) is 13.4. The van der Waals surface area contributed by atoms with Gasteiger partial charge in [-0.2, -0.15) is 5.26 Å². The molecule has 0 atom stereocenters. The molecular formula is C18H19N3O2. The third kappa shape index (κ3) is 2.68. The first-order valence-corrected chi connectivity index (χ1v) is 7.71. The Bertz CT molecular complexity index is 780. The molecule has 1 aliphatic heterocycles. The number of carbonyl (C=O) groups excluding carboxylic acids is 1. The topological polar surface area (TPSA) is 58.3 Å². The van der Waals surface area contributed by atoms with Crippen molar-refractivity contribution in [1.82, 2.24) is 9.47 Å². The fraction of sp³-hybridized carbons (Fsp3) is 0.333. The lowest BCUT2D eigenvalue weighted by molar-refractivity contribution is 0.0784. The van der Waals surface area contributed by atoms with Crippen LogP contribution in [-0.2, 0) is 0 Å². The number of nitrogens with zero attached hydrogens (tertiary/aromatic N) is 3. The molecule has 0 bridgehead atoms. The average molecular weight is 309 g/mol. The molecule has 1 saturated heterocycles.